The van der Waals surface area contributed by atoms with E-state index in [9.17, 15) is 0 Å². The second-order valence-corrected chi connectivity index (χ2v) is 4.73. The second-order valence-electron chi connectivity index (χ2n) is 4.73. The third-order valence-corrected chi connectivity index (χ3v) is 0. The Morgan fingerprint density at radius 1 is 0.636 bits per heavy atom. The molecule has 0 unspecified atom stereocenters. The first-order valence-corrected chi connectivity index (χ1v) is 3.58. The van der Waals surface area contributed by atoms with Gasteiger partial charge >= 0.3 is 0 Å². The van der Waals surface area contributed by atoms with Gasteiger partial charge in [-0.25, -0.2) is 0 Å². The van der Waals surface area contributed by atoms with Crippen molar-refractivity contribution in [3.05, 3.63) is 0 Å². The molecule has 4 N–H and O–H groups in total. The fraction of sp³-hybridized carbons (Fsp3) is 1.00. The molecule has 0 bridgehead atoms. The van der Waals surface area contributed by atoms with Crippen LogP contribution in [0.2, 0.25) is 0 Å². The van der Waals surface area contributed by atoms with Crippen molar-refractivity contribution in [2.45, 2.75) is 52.6 Å². The van der Waals surface area contributed by atoms with Crippen LogP contribution in [0.5, 0.6) is 0 Å². The van der Waals surface area contributed by atoms with Crippen molar-refractivity contribution in [1.82, 2.24) is 0 Å². The van der Waals surface area contributed by atoms with Gasteiger partial charge in [0.1, 0.15) is 0 Å². The molecule has 3 heteroatoms. The highest BCUT2D eigenvalue weighted by Gasteiger charge is 1.95. The second kappa shape index (κ2) is 5.74. The Hall–Kier alpha value is 0.137. The Balaban J connectivity index is -0.000000107. The van der Waals surface area contributed by atoms with Crippen molar-refractivity contribution in [1.29, 1.82) is 0 Å². The fourth-order valence-corrected chi connectivity index (χ4v) is 0. The summed E-state index contributed by atoms with van der Waals surface area (Å²) in [7, 11) is 0. The minimum Gasteiger partial charge on any atom is -0.326 e. The van der Waals surface area contributed by atoms with E-state index < -0.39 is 0 Å². The average Bonchev–Trinajstić information content (AvgIpc) is 1.12. The van der Waals surface area contributed by atoms with Crippen LogP contribution < -0.4 is 11.5 Å². The summed E-state index contributed by atoms with van der Waals surface area (Å²) in [5.74, 6) is 0. The van der Waals surface area contributed by atoms with E-state index in [1.165, 1.54) is 0 Å². The van der Waals surface area contributed by atoms with Gasteiger partial charge in [-0.1, -0.05) is 0 Å². The number of nitrogens with two attached hydrogens (primary N) is 2. The maximum absolute atomic E-state index is 5.35. The van der Waals surface area contributed by atoms with Gasteiger partial charge in [0.05, 0.1) is 0 Å². The maximum atomic E-state index is 5.35. The molecule has 0 spiro atoms. The molecule has 72 valence electrons. The molecule has 11 heavy (non-hydrogen) atoms. The summed E-state index contributed by atoms with van der Waals surface area (Å²) in [5.41, 5.74) is 10.7. The zero-order valence-electron chi connectivity index (χ0n) is 8.15. The van der Waals surface area contributed by atoms with Crippen LogP contribution in [0.1, 0.15) is 41.5 Å². The van der Waals surface area contributed by atoms with E-state index >= 15 is 0 Å². The molecule has 0 saturated heterocycles. The summed E-state index contributed by atoms with van der Waals surface area (Å²) in [4.78, 5) is 0. The van der Waals surface area contributed by atoms with Gasteiger partial charge in [0.15, 0.2) is 0 Å². The standard InChI is InChI=1S/2C4H11N.H4Si/c2*1-4(2,3)5;/h2*5H2,1-3H3;1H4. The van der Waals surface area contributed by atoms with E-state index in [0.717, 1.165) is 0 Å². The molecule has 0 aromatic heterocycles. The van der Waals surface area contributed by atoms with Gasteiger partial charge in [-0.3, -0.25) is 0 Å². The van der Waals surface area contributed by atoms with Gasteiger partial charge in [0, 0.05) is 11.1 Å². The van der Waals surface area contributed by atoms with Gasteiger partial charge in [0.2, 0.25) is 0 Å². The summed E-state index contributed by atoms with van der Waals surface area (Å²) in [6, 6.07) is 0. The predicted molar refractivity (Wildman–Crippen MR) is 59.2 cm³/mol. The Morgan fingerprint density at radius 3 is 0.636 bits per heavy atom. The zero-order chi connectivity index (χ0) is 9.00. The summed E-state index contributed by atoms with van der Waals surface area (Å²) < 4.78 is 0. The Labute approximate surface area is 75.8 Å². The van der Waals surface area contributed by atoms with Gasteiger partial charge in [0.25, 0.3) is 0 Å². The van der Waals surface area contributed by atoms with E-state index in [0.29, 0.717) is 0 Å². The van der Waals surface area contributed by atoms with Gasteiger partial charge in [-0.05, 0) is 52.5 Å². The molecular formula is C8H26N2Si. The highest BCUT2D eigenvalue weighted by Crippen LogP contribution is 1.88. The Kier molecular flexibility index (Phi) is 9.03. The maximum Gasteiger partial charge on any atom is 0.00686 e. The summed E-state index contributed by atoms with van der Waals surface area (Å²) in [6.45, 7) is 11.8. The van der Waals surface area contributed by atoms with Crippen LogP contribution in [0, 0.1) is 0 Å². The zero-order valence-corrected chi connectivity index (χ0v) is 8.15. The minimum absolute atomic E-state index is 0. The molecule has 0 aliphatic heterocycles. The first kappa shape index (κ1) is 17.3. The highest BCUT2D eigenvalue weighted by atomic mass is 28.1. The SMILES string of the molecule is CC(C)(C)N.CC(C)(C)N.[SiH4]. The molecule has 0 heterocycles. The third kappa shape index (κ3) is 35800. The number of hydrogen-bond acceptors (Lipinski definition) is 2. The lowest BCUT2D eigenvalue weighted by atomic mass is 10.1. The quantitative estimate of drug-likeness (QED) is 0.515. The van der Waals surface area contributed by atoms with Crippen molar-refractivity contribution >= 4 is 11.0 Å². The summed E-state index contributed by atoms with van der Waals surface area (Å²) >= 11 is 0. The molecule has 0 radical (unpaired) electrons. The van der Waals surface area contributed by atoms with Gasteiger partial charge in [-0.15, -0.1) is 0 Å². The molecule has 0 aliphatic rings. The fourth-order valence-electron chi connectivity index (χ4n) is 0. The lowest BCUT2D eigenvalue weighted by Crippen LogP contribution is -2.26. The first-order chi connectivity index (χ1) is 4.00. The minimum atomic E-state index is 0. The highest BCUT2D eigenvalue weighted by molar-refractivity contribution is 5.75. The van der Waals surface area contributed by atoms with Gasteiger partial charge in [-0.2, -0.15) is 0 Å². The van der Waals surface area contributed by atoms with Crippen molar-refractivity contribution in [3.63, 3.8) is 0 Å². The van der Waals surface area contributed by atoms with Crippen LogP contribution in [-0.4, -0.2) is 22.0 Å². The normalized spacial score (nSPS) is 10.9. The molecule has 0 aliphatic carbocycles. The topological polar surface area (TPSA) is 52.0 Å². The van der Waals surface area contributed by atoms with E-state index in [1.54, 1.807) is 0 Å². The van der Waals surface area contributed by atoms with Crippen LogP contribution in [0.4, 0.5) is 0 Å². The Morgan fingerprint density at radius 2 is 0.636 bits per heavy atom. The summed E-state index contributed by atoms with van der Waals surface area (Å²) in [5, 5.41) is 0. The molecule has 0 rings (SSSR count). The smallest absolute Gasteiger partial charge is 0.00686 e. The largest absolute Gasteiger partial charge is 0.326 e. The van der Waals surface area contributed by atoms with Crippen LogP contribution in [0.25, 0.3) is 0 Å². The Bertz CT molecular complexity index is 55.1. The van der Waals surface area contributed by atoms with Crippen LogP contribution >= 0.6 is 0 Å². The van der Waals surface area contributed by atoms with Crippen LogP contribution in [0.3, 0.4) is 0 Å². The molecule has 0 saturated carbocycles. The van der Waals surface area contributed by atoms with Crippen LogP contribution in [0.15, 0.2) is 0 Å². The van der Waals surface area contributed by atoms with Crippen molar-refractivity contribution in [2.75, 3.05) is 0 Å². The molecule has 0 fully saturated rings. The molecule has 0 atom stereocenters. The molecule has 0 aromatic rings. The van der Waals surface area contributed by atoms with Crippen molar-refractivity contribution in [2.24, 2.45) is 11.5 Å². The number of hydrogen-bond donors (Lipinski definition) is 2. The van der Waals surface area contributed by atoms with E-state index in [2.05, 4.69) is 0 Å². The van der Waals surface area contributed by atoms with E-state index in [4.69, 9.17) is 11.5 Å². The van der Waals surface area contributed by atoms with Crippen LogP contribution in [-0.2, 0) is 0 Å². The van der Waals surface area contributed by atoms with E-state index in [1.807, 2.05) is 41.5 Å². The molecule has 2 nitrogen and oxygen atoms in total. The average molecular weight is 178 g/mol. The summed E-state index contributed by atoms with van der Waals surface area (Å²) in [6.07, 6.45) is 0. The lowest BCUT2D eigenvalue weighted by Gasteiger charge is -2.06. The van der Waals surface area contributed by atoms with E-state index in [-0.39, 0.29) is 22.0 Å². The van der Waals surface area contributed by atoms with Gasteiger partial charge < -0.3 is 11.5 Å². The molecule has 0 aromatic carbocycles. The van der Waals surface area contributed by atoms with Crippen molar-refractivity contribution in [3.8, 4) is 0 Å². The van der Waals surface area contributed by atoms with Crippen molar-refractivity contribution < 1.29 is 0 Å². The first-order valence-electron chi connectivity index (χ1n) is 3.58. The lowest BCUT2D eigenvalue weighted by molar-refractivity contribution is 0.579. The third-order valence-electron chi connectivity index (χ3n) is 0. The monoisotopic (exact) mass is 178 g/mol. The molecule has 0 amide bonds. The number of rotatable bonds is 0. The molecular weight excluding hydrogens is 152 g/mol. The predicted octanol–water partition coefficient (Wildman–Crippen LogP) is 0.0356.